The number of hydrogen-bond donors (Lipinski definition) is 1. The minimum Gasteiger partial charge on any atom is -0.493 e. The molecule has 0 spiro atoms. The number of benzene rings is 1. The van der Waals surface area contributed by atoms with Crippen molar-refractivity contribution in [2.24, 2.45) is 5.16 Å². The highest BCUT2D eigenvalue weighted by atomic mass is 32.1. The number of rotatable bonds is 8. The molecule has 0 aliphatic carbocycles. The maximum atomic E-state index is 5.67. The van der Waals surface area contributed by atoms with Gasteiger partial charge in [0, 0.05) is 30.0 Å². The fourth-order valence-corrected chi connectivity index (χ4v) is 3.94. The minimum absolute atomic E-state index is 0.146. The third-order valence-electron chi connectivity index (χ3n) is 4.55. The molecule has 0 saturated heterocycles. The SMILES string of the molecule is COc1cc(C2CC(CNCCc3cccs3)=NO2)c(OC)c2c1OCO2. The number of thiophene rings is 1. The molecule has 0 bridgehead atoms. The first-order valence-corrected chi connectivity index (χ1v) is 9.67. The van der Waals surface area contributed by atoms with E-state index < -0.39 is 0 Å². The second-order valence-electron chi connectivity index (χ2n) is 6.23. The van der Waals surface area contributed by atoms with Crippen LogP contribution in [0.5, 0.6) is 23.0 Å². The maximum absolute atomic E-state index is 5.67. The molecule has 8 heteroatoms. The summed E-state index contributed by atoms with van der Waals surface area (Å²) in [4.78, 5) is 7.05. The minimum atomic E-state index is -0.238. The van der Waals surface area contributed by atoms with Gasteiger partial charge in [0.2, 0.25) is 18.3 Å². The molecule has 2 aromatic rings. The van der Waals surface area contributed by atoms with E-state index in [1.165, 1.54) is 4.88 Å². The topological polar surface area (TPSA) is 70.5 Å². The summed E-state index contributed by atoms with van der Waals surface area (Å²) >= 11 is 1.78. The smallest absolute Gasteiger partial charge is 0.231 e. The molecule has 3 heterocycles. The van der Waals surface area contributed by atoms with Crippen LogP contribution >= 0.6 is 11.3 Å². The number of methoxy groups -OCH3 is 2. The van der Waals surface area contributed by atoms with E-state index in [2.05, 4.69) is 28.0 Å². The number of fused-ring (bicyclic) bond motifs is 1. The molecule has 4 rings (SSSR count). The van der Waals surface area contributed by atoms with E-state index in [0.717, 1.165) is 24.2 Å². The van der Waals surface area contributed by atoms with Gasteiger partial charge in [0.15, 0.2) is 17.6 Å². The van der Waals surface area contributed by atoms with Crippen LogP contribution in [0.1, 0.15) is 23.0 Å². The Kier molecular flexibility index (Phi) is 5.35. The van der Waals surface area contributed by atoms with Gasteiger partial charge < -0.3 is 29.1 Å². The molecule has 0 amide bonds. The van der Waals surface area contributed by atoms with Gasteiger partial charge in [0.25, 0.3) is 0 Å². The van der Waals surface area contributed by atoms with Crippen LogP contribution in [0.3, 0.4) is 0 Å². The van der Waals surface area contributed by atoms with Crippen LogP contribution in [0.4, 0.5) is 0 Å². The largest absolute Gasteiger partial charge is 0.493 e. The van der Waals surface area contributed by atoms with Crippen LogP contribution in [0, 0.1) is 0 Å². The zero-order valence-electron chi connectivity index (χ0n) is 15.3. The van der Waals surface area contributed by atoms with Gasteiger partial charge in [0.05, 0.1) is 19.9 Å². The summed E-state index contributed by atoms with van der Waals surface area (Å²) in [5.41, 5.74) is 1.82. The lowest BCUT2D eigenvalue weighted by Gasteiger charge is -2.17. The van der Waals surface area contributed by atoms with Gasteiger partial charge >= 0.3 is 0 Å². The molecular weight excluding hydrogens is 368 g/mol. The van der Waals surface area contributed by atoms with Gasteiger partial charge in [-0.15, -0.1) is 11.3 Å². The first-order chi connectivity index (χ1) is 13.3. The molecule has 1 N–H and O–H groups in total. The standard InChI is InChI=1S/C19H22N2O5S/c1-22-16-9-14(17(23-2)19-18(16)24-11-25-19)15-8-12(21-26-15)10-20-6-5-13-4-3-7-27-13/h3-4,7,9,15,20H,5-6,8,10-11H2,1-2H3. The summed E-state index contributed by atoms with van der Waals surface area (Å²) in [5, 5.41) is 9.77. The highest BCUT2D eigenvalue weighted by Crippen LogP contribution is 2.52. The van der Waals surface area contributed by atoms with Crippen molar-refractivity contribution in [2.75, 3.05) is 34.1 Å². The van der Waals surface area contributed by atoms with Crippen LogP contribution in [-0.2, 0) is 11.3 Å². The Morgan fingerprint density at radius 3 is 2.93 bits per heavy atom. The lowest BCUT2D eigenvalue weighted by Crippen LogP contribution is -2.24. The molecule has 0 radical (unpaired) electrons. The molecule has 1 aromatic carbocycles. The Balaban J connectivity index is 1.39. The average molecular weight is 390 g/mol. The predicted molar refractivity (Wildman–Crippen MR) is 102 cm³/mol. The van der Waals surface area contributed by atoms with Crippen molar-refractivity contribution in [1.29, 1.82) is 0 Å². The van der Waals surface area contributed by atoms with E-state index in [-0.39, 0.29) is 12.9 Å². The van der Waals surface area contributed by atoms with E-state index in [9.17, 15) is 0 Å². The lowest BCUT2D eigenvalue weighted by molar-refractivity contribution is 0.0831. The Morgan fingerprint density at radius 1 is 1.26 bits per heavy atom. The normalized spacial score (nSPS) is 17.6. The quantitative estimate of drug-likeness (QED) is 0.699. The fourth-order valence-electron chi connectivity index (χ4n) is 3.23. The Hall–Kier alpha value is -2.45. The highest BCUT2D eigenvalue weighted by Gasteiger charge is 2.33. The first-order valence-electron chi connectivity index (χ1n) is 8.79. The molecule has 144 valence electrons. The summed E-state index contributed by atoms with van der Waals surface area (Å²) < 4.78 is 22.1. The number of nitrogens with one attached hydrogen (secondary N) is 1. The van der Waals surface area contributed by atoms with E-state index in [4.69, 9.17) is 23.8 Å². The first kappa shape index (κ1) is 17.9. The van der Waals surface area contributed by atoms with Crippen LogP contribution in [0.25, 0.3) is 0 Å². The van der Waals surface area contributed by atoms with E-state index in [0.29, 0.717) is 36.0 Å². The number of nitrogens with zero attached hydrogens (tertiary/aromatic N) is 1. The van der Waals surface area contributed by atoms with Crippen molar-refractivity contribution in [3.05, 3.63) is 34.0 Å². The van der Waals surface area contributed by atoms with Crippen LogP contribution in [-0.4, -0.2) is 39.8 Å². The zero-order chi connectivity index (χ0) is 18.6. The maximum Gasteiger partial charge on any atom is 0.231 e. The van der Waals surface area contributed by atoms with E-state index >= 15 is 0 Å². The monoisotopic (exact) mass is 390 g/mol. The van der Waals surface area contributed by atoms with Gasteiger partial charge in [-0.2, -0.15) is 0 Å². The molecule has 7 nitrogen and oxygen atoms in total. The van der Waals surface area contributed by atoms with E-state index in [1.54, 1.807) is 25.6 Å². The summed E-state index contributed by atoms with van der Waals surface area (Å²) in [6.45, 7) is 1.75. The Bertz CT molecular complexity index is 822. The summed E-state index contributed by atoms with van der Waals surface area (Å²) in [6, 6.07) is 6.10. The van der Waals surface area contributed by atoms with Gasteiger partial charge in [0.1, 0.15) is 0 Å². The molecule has 2 aliphatic heterocycles. The summed E-state index contributed by atoms with van der Waals surface area (Å²) in [5.74, 6) is 2.32. The number of hydrogen-bond acceptors (Lipinski definition) is 8. The molecular formula is C19H22N2O5S. The summed E-state index contributed by atoms with van der Waals surface area (Å²) in [7, 11) is 3.21. The van der Waals surface area contributed by atoms with Crippen molar-refractivity contribution in [2.45, 2.75) is 18.9 Å². The Labute approximate surface area is 161 Å². The average Bonchev–Trinajstić information content (AvgIpc) is 3.45. The second-order valence-corrected chi connectivity index (χ2v) is 7.26. The van der Waals surface area contributed by atoms with Crippen molar-refractivity contribution < 1.29 is 23.8 Å². The second kappa shape index (κ2) is 8.06. The fraction of sp³-hybridized carbons (Fsp3) is 0.421. The van der Waals surface area contributed by atoms with Crippen LogP contribution < -0.4 is 24.3 Å². The molecule has 2 aliphatic rings. The lowest BCUT2D eigenvalue weighted by atomic mass is 10.0. The molecule has 1 atom stereocenters. The number of ether oxygens (including phenoxy) is 4. The molecule has 1 unspecified atom stereocenters. The summed E-state index contributed by atoms with van der Waals surface area (Å²) in [6.07, 6.45) is 1.46. The molecule has 1 aromatic heterocycles. The molecule has 0 fully saturated rings. The third-order valence-corrected chi connectivity index (χ3v) is 5.49. The Morgan fingerprint density at radius 2 is 2.15 bits per heavy atom. The zero-order valence-corrected chi connectivity index (χ0v) is 16.1. The van der Waals surface area contributed by atoms with Crippen molar-refractivity contribution >= 4 is 17.0 Å². The highest BCUT2D eigenvalue weighted by molar-refractivity contribution is 7.09. The molecule has 0 saturated carbocycles. The number of oxime groups is 1. The van der Waals surface area contributed by atoms with Gasteiger partial charge in [-0.3, -0.25) is 0 Å². The van der Waals surface area contributed by atoms with Crippen molar-refractivity contribution in [1.82, 2.24) is 5.32 Å². The molecule has 27 heavy (non-hydrogen) atoms. The van der Waals surface area contributed by atoms with Crippen LogP contribution in [0.15, 0.2) is 28.7 Å². The van der Waals surface area contributed by atoms with Gasteiger partial charge in [-0.25, -0.2) is 0 Å². The third kappa shape index (κ3) is 3.68. The van der Waals surface area contributed by atoms with E-state index in [1.807, 2.05) is 6.07 Å². The van der Waals surface area contributed by atoms with Crippen LogP contribution in [0.2, 0.25) is 0 Å². The predicted octanol–water partition coefficient (Wildman–Crippen LogP) is 3.14. The van der Waals surface area contributed by atoms with Gasteiger partial charge in [-0.05, 0) is 23.9 Å². The van der Waals surface area contributed by atoms with Gasteiger partial charge in [-0.1, -0.05) is 11.2 Å². The van der Waals surface area contributed by atoms with Crippen molar-refractivity contribution in [3.63, 3.8) is 0 Å². The van der Waals surface area contributed by atoms with Crippen molar-refractivity contribution in [3.8, 4) is 23.0 Å².